The summed E-state index contributed by atoms with van der Waals surface area (Å²) >= 11 is 0. The molecule has 4 atom stereocenters. The second kappa shape index (κ2) is 6.00. The van der Waals surface area contributed by atoms with Crippen LogP contribution in [0.25, 0.3) is 12.2 Å². The van der Waals surface area contributed by atoms with Crippen molar-refractivity contribution in [1.82, 2.24) is 0 Å². The molecule has 1 aromatic rings. The van der Waals surface area contributed by atoms with Gasteiger partial charge in [0.2, 0.25) is 0 Å². The summed E-state index contributed by atoms with van der Waals surface area (Å²) in [6.07, 6.45) is 6.22. The molecule has 1 aromatic carbocycles. The van der Waals surface area contributed by atoms with E-state index in [1.165, 1.54) is 0 Å². The number of nitrogens with zero attached hydrogens (tertiary/aromatic N) is 1. The molecule has 4 rings (SSSR count). The van der Waals surface area contributed by atoms with Crippen LogP contribution >= 0.6 is 0 Å². The van der Waals surface area contributed by atoms with Gasteiger partial charge in [-0.15, -0.1) is 0 Å². The van der Waals surface area contributed by atoms with Crippen LogP contribution in [0.2, 0.25) is 0 Å². The smallest absolute Gasteiger partial charge is 0.158 e. The Hall–Kier alpha value is -2.23. The summed E-state index contributed by atoms with van der Waals surface area (Å²) in [5, 5.41) is 6.59. The highest BCUT2D eigenvalue weighted by molar-refractivity contribution is 6.11. The molecule has 1 fully saturated rings. The van der Waals surface area contributed by atoms with E-state index in [-0.39, 0.29) is 35.4 Å². The summed E-state index contributed by atoms with van der Waals surface area (Å²) in [5.41, 5.74) is 0.809. The zero-order chi connectivity index (χ0) is 16.7. The van der Waals surface area contributed by atoms with Crippen molar-refractivity contribution in [3.63, 3.8) is 0 Å². The van der Waals surface area contributed by atoms with Gasteiger partial charge in [-0.25, -0.2) is 0 Å². The number of fused-ring (bicyclic) bond motifs is 2. The van der Waals surface area contributed by atoms with E-state index in [1.807, 2.05) is 19.1 Å². The third kappa shape index (κ3) is 2.50. The Morgan fingerprint density at radius 1 is 1.17 bits per heavy atom. The number of Topliss-reactive ketones (excluding diaryl/α,β-unsaturated/α-hetero) is 2. The average molecular weight is 323 g/mol. The summed E-state index contributed by atoms with van der Waals surface area (Å²) in [6.45, 7) is 1.98. The van der Waals surface area contributed by atoms with Crippen LogP contribution in [0.15, 0.2) is 29.4 Å². The summed E-state index contributed by atoms with van der Waals surface area (Å²) in [7, 11) is 0. The van der Waals surface area contributed by atoms with Crippen molar-refractivity contribution in [3.05, 3.63) is 34.7 Å². The highest BCUT2D eigenvalue weighted by Gasteiger charge is 2.42. The topological polar surface area (TPSA) is 55.7 Å². The van der Waals surface area contributed by atoms with Crippen molar-refractivity contribution in [2.45, 2.75) is 38.7 Å². The first-order chi connectivity index (χ1) is 11.7. The molecule has 1 aliphatic heterocycles. The number of hydrogen-bond donors (Lipinski definition) is 0. The Morgan fingerprint density at radius 3 is 2.67 bits per heavy atom. The first-order valence-corrected chi connectivity index (χ1v) is 8.75. The molecule has 0 aromatic heterocycles. The van der Waals surface area contributed by atoms with E-state index in [4.69, 9.17) is 4.84 Å². The van der Waals surface area contributed by atoms with Gasteiger partial charge in [0, 0.05) is 18.8 Å². The fourth-order valence-electron chi connectivity index (χ4n) is 4.06. The molecule has 4 unspecified atom stereocenters. The minimum absolute atomic E-state index is 0.000409. The van der Waals surface area contributed by atoms with E-state index in [9.17, 15) is 9.59 Å². The fourth-order valence-corrected chi connectivity index (χ4v) is 4.06. The number of hydrogen-bond acceptors (Lipinski definition) is 4. The molecule has 0 amide bonds. The Balaban J connectivity index is 1.69. The molecule has 4 heteroatoms. The molecule has 0 spiro atoms. The van der Waals surface area contributed by atoms with Gasteiger partial charge in [-0.05, 0) is 29.4 Å². The number of carbonyl (C=O) groups excluding carboxylic acids is 2. The van der Waals surface area contributed by atoms with Gasteiger partial charge in [0.15, 0.2) is 6.10 Å². The maximum atomic E-state index is 12.9. The predicted octanol–water partition coefficient (Wildman–Crippen LogP) is 1.60. The molecule has 4 nitrogen and oxygen atoms in total. The molecule has 0 N–H and O–H groups in total. The van der Waals surface area contributed by atoms with Crippen LogP contribution in [0.1, 0.15) is 32.6 Å². The molecule has 0 radical (unpaired) electrons. The van der Waals surface area contributed by atoms with E-state index in [0.29, 0.717) is 25.7 Å². The van der Waals surface area contributed by atoms with Crippen molar-refractivity contribution >= 4 is 29.4 Å². The monoisotopic (exact) mass is 323 g/mol. The van der Waals surface area contributed by atoms with Crippen molar-refractivity contribution in [2.75, 3.05) is 0 Å². The van der Waals surface area contributed by atoms with Gasteiger partial charge in [-0.1, -0.05) is 42.4 Å². The van der Waals surface area contributed by atoms with Crippen LogP contribution in [0, 0.1) is 17.8 Å². The molecule has 1 heterocycles. The average Bonchev–Trinajstić information content (AvgIpc) is 2.93. The first-order valence-electron chi connectivity index (χ1n) is 8.75. The Labute approximate surface area is 140 Å². The summed E-state index contributed by atoms with van der Waals surface area (Å²) in [5.74, 6) is -0.102. The third-order valence-electron chi connectivity index (χ3n) is 5.46. The molecule has 24 heavy (non-hydrogen) atoms. The zero-order valence-electron chi connectivity index (χ0n) is 13.8. The number of oxime groups is 1. The minimum Gasteiger partial charge on any atom is -0.387 e. The van der Waals surface area contributed by atoms with Gasteiger partial charge in [-0.3, -0.25) is 9.59 Å². The lowest BCUT2D eigenvalue weighted by Crippen LogP contribution is -2.39. The highest BCUT2D eigenvalue weighted by atomic mass is 16.6. The van der Waals surface area contributed by atoms with Gasteiger partial charge >= 0.3 is 0 Å². The van der Waals surface area contributed by atoms with Crippen molar-refractivity contribution in [1.29, 1.82) is 0 Å². The lowest BCUT2D eigenvalue weighted by atomic mass is 9.79. The van der Waals surface area contributed by atoms with Crippen LogP contribution in [-0.2, 0) is 14.4 Å². The van der Waals surface area contributed by atoms with Crippen LogP contribution < -0.4 is 10.4 Å². The van der Waals surface area contributed by atoms with Gasteiger partial charge in [0.25, 0.3) is 0 Å². The van der Waals surface area contributed by atoms with Crippen molar-refractivity contribution < 1.29 is 14.4 Å². The number of carbonyl (C=O) groups is 2. The molecule has 3 aliphatic rings. The SMILES string of the molecule is CCC1CC(=O)CCC(C2=NOC3C=c4ccccc4=CC23)C1=O. The lowest BCUT2D eigenvalue weighted by molar-refractivity contribution is -0.127. The number of ketones is 2. The summed E-state index contributed by atoms with van der Waals surface area (Å²) < 4.78 is 0. The minimum atomic E-state index is -0.286. The van der Waals surface area contributed by atoms with E-state index >= 15 is 0 Å². The largest absolute Gasteiger partial charge is 0.387 e. The third-order valence-corrected chi connectivity index (χ3v) is 5.46. The Kier molecular flexibility index (Phi) is 3.83. The van der Waals surface area contributed by atoms with E-state index in [0.717, 1.165) is 16.1 Å². The predicted molar refractivity (Wildman–Crippen MR) is 91.6 cm³/mol. The van der Waals surface area contributed by atoms with Crippen LogP contribution in [0.5, 0.6) is 0 Å². The molecule has 0 saturated heterocycles. The standard InChI is InChI=1S/C20H21NO3/c1-2-12-9-15(22)7-8-16(20(12)23)19-17-10-13-5-3-4-6-14(13)11-18(17)24-21-19/h3-6,10-12,16-18H,2,7-9H2,1H3. The Morgan fingerprint density at radius 2 is 1.92 bits per heavy atom. The summed E-state index contributed by atoms with van der Waals surface area (Å²) in [6, 6.07) is 8.16. The van der Waals surface area contributed by atoms with E-state index in [1.54, 1.807) is 0 Å². The molecular formula is C20H21NO3. The van der Waals surface area contributed by atoms with Crippen molar-refractivity contribution in [3.8, 4) is 0 Å². The quantitative estimate of drug-likeness (QED) is 0.777. The van der Waals surface area contributed by atoms with E-state index in [2.05, 4.69) is 29.4 Å². The van der Waals surface area contributed by atoms with E-state index < -0.39 is 0 Å². The molecule has 1 saturated carbocycles. The van der Waals surface area contributed by atoms with Crippen LogP contribution in [-0.4, -0.2) is 23.4 Å². The van der Waals surface area contributed by atoms with Gasteiger partial charge in [0.1, 0.15) is 11.6 Å². The molecule has 124 valence electrons. The van der Waals surface area contributed by atoms with Gasteiger partial charge < -0.3 is 4.84 Å². The lowest BCUT2D eigenvalue weighted by Gasteiger charge is -2.21. The maximum absolute atomic E-state index is 12.9. The Bertz CT molecular complexity index is 839. The molecule has 0 bridgehead atoms. The second-order valence-corrected chi connectivity index (χ2v) is 6.92. The number of rotatable bonds is 2. The maximum Gasteiger partial charge on any atom is 0.158 e. The van der Waals surface area contributed by atoms with Crippen LogP contribution in [0.4, 0.5) is 0 Å². The molecular weight excluding hydrogens is 302 g/mol. The fraction of sp³-hybridized carbons (Fsp3) is 0.450. The van der Waals surface area contributed by atoms with Crippen LogP contribution in [0.3, 0.4) is 0 Å². The second-order valence-electron chi connectivity index (χ2n) is 6.92. The van der Waals surface area contributed by atoms with Gasteiger partial charge in [-0.2, -0.15) is 0 Å². The molecule has 2 aliphatic carbocycles. The number of benzene rings is 1. The van der Waals surface area contributed by atoms with Crippen molar-refractivity contribution in [2.24, 2.45) is 22.9 Å². The van der Waals surface area contributed by atoms with Gasteiger partial charge in [0.05, 0.1) is 17.5 Å². The normalized spacial score (nSPS) is 31.8. The zero-order valence-corrected chi connectivity index (χ0v) is 13.8. The summed E-state index contributed by atoms with van der Waals surface area (Å²) in [4.78, 5) is 30.5. The first kappa shape index (κ1) is 15.3. The highest BCUT2D eigenvalue weighted by Crippen LogP contribution is 2.33.